The summed E-state index contributed by atoms with van der Waals surface area (Å²) in [5, 5.41) is 61.2. The Morgan fingerprint density at radius 2 is 1.61 bits per heavy atom. The predicted molar refractivity (Wildman–Crippen MR) is 101 cm³/mol. The first-order valence-electron chi connectivity index (χ1n) is 8.79. The molecule has 0 radical (unpaired) electrons. The van der Waals surface area contributed by atoms with E-state index in [4.69, 9.17) is 16.3 Å². The van der Waals surface area contributed by atoms with Crippen molar-refractivity contribution in [3.05, 3.63) is 69.7 Å². The van der Waals surface area contributed by atoms with Crippen LogP contribution in [0.1, 0.15) is 28.4 Å². The molecule has 1 aliphatic rings. The van der Waals surface area contributed by atoms with Gasteiger partial charge in [-0.3, -0.25) is 0 Å². The molecule has 152 valence electrons. The SMILES string of the molecule is Cc1ccc(C(O)(O)c2cc(C3OC(CO)C(O)C(O)C3O)ccc2Cl)cc1. The van der Waals surface area contributed by atoms with Gasteiger partial charge >= 0.3 is 0 Å². The van der Waals surface area contributed by atoms with E-state index < -0.39 is 42.9 Å². The highest BCUT2D eigenvalue weighted by Gasteiger charge is 2.44. The number of hydrogen-bond acceptors (Lipinski definition) is 7. The lowest BCUT2D eigenvalue weighted by atomic mass is 9.89. The van der Waals surface area contributed by atoms with Crippen LogP contribution in [-0.4, -0.2) is 61.7 Å². The van der Waals surface area contributed by atoms with Crippen molar-refractivity contribution >= 4 is 11.6 Å². The molecule has 2 aromatic rings. The molecule has 2 aromatic carbocycles. The first-order chi connectivity index (χ1) is 13.2. The summed E-state index contributed by atoms with van der Waals surface area (Å²) in [6.07, 6.45) is -6.70. The van der Waals surface area contributed by atoms with Gasteiger partial charge in [0.2, 0.25) is 5.79 Å². The lowest BCUT2D eigenvalue weighted by Gasteiger charge is -2.40. The highest BCUT2D eigenvalue weighted by Crippen LogP contribution is 2.38. The fraction of sp³-hybridized carbons (Fsp3) is 0.400. The number of benzene rings is 2. The maximum atomic E-state index is 10.7. The van der Waals surface area contributed by atoms with E-state index in [-0.39, 0.29) is 16.1 Å². The quantitative estimate of drug-likeness (QED) is 0.401. The molecule has 1 fully saturated rings. The Morgan fingerprint density at radius 3 is 2.21 bits per heavy atom. The molecular weight excluding hydrogens is 388 g/mol. The van der Waals surface area contributed by atoms with E-state index in [0.717, 1.165) is 5.56 Å². The molecule has 5 unspecified atom stereocenters. The Morgan fingerprint density at radius 1 is 0.964 bits per heavy atom. The molecule has 3 rings (SSSR count). The number of aliphatic hydroxyl groups excluding tert-OH is 4. The van der Waals surface area contributed by atoms with E-state index in [1.54, 1.807) is 24.3 Å². The number of ether oxygens (including phenoxy) is 1. The second-order valence-corrected chi connectivity index (χ2v) is 7.43. The summed E-state index contributed by atoms with van der Waals surface area (Å²) in [6, 6.07) is 10.9. The van der Waals surface area contributed by atoms with Gasteiger partial charge in [0.1, 0.15) is 30.5 Å². The number of rotatable bonds is 4. The molecule has 0 bridgehead atoms. The zero-order valence-corrected chi connectivity index (χ0v) is 15.9. The Kier molecular flexibility index (Phi) is 6.09. The molecule has 7 nitrogen and oxygen atoms in total. The minimum Gasteiger partial charge on any atom is -0.394 e. The summed E-state index contributed by atoms with van der Waals surface area (Å²) in [4.78, 5) is 0. The highest BCUT2D eigenvalue weighted by molar-refractivity contribution is 6.31. The number of halogens is 1. The molecule has 28 heavy (non-hydrogen) atoms. The van der Waals surface area contributed by atoms with Crippen molar-refractivity contribution in [2.24, 2.45) is 0 Å². The molecule has 0 spiro atoms. The van der Waals surface area contributed by atoms with Crippen LogP contribution in [0.5, 0.6) is 0 Å². The van der Waals surface area contributed by atoms with Gasteiger partial charge in [0.05, 0.1) is 6.61 Å². The van der Waals surface area contributed by atoms with Crippen molar-refractivity contribution in [1.29, 1.82) is 0 Å². The Hall–Kier alpha value is -1.55. The molecular formula is C20H23ClO7. The predicted octanol–water partition coefficient (Wildman–Crippen LogP) is 0.349. The Bertz CT molecular complexity index is 822. The van der Waals surface area contributed by atoms with E-state index in [9.17, 15) is 30.6 Å². The summed E-state index contributed by atoms with van der Waals surface area (Å²) >= 11 is 6.19. The van der Waals surface area contributed by atoms with Crippen LogP contribution in [0, 0.1) is 6.92 Å². The summed E-state index contributed by atoms with van der Waals surface area (Å²) in [6.45, 7) is 1.31. The average Bonchev–Trinajstić information content (AvgIpc) is 2.67. The molecule has 5 atom stereocenters. The maximum Gasteiger partial charge on any atom is 0.218 e. The van der Waals surface area contributed by atoms with Crippen LogP contribution >= 0.6 is 11.6 Å². The fourth-order valence-corrected chi connectivity index (χ4v) is 3.55. The summed E-state index contributed by atoms with van der Waals surface area (Å²) in [7, 11) is 0. The van der Waals surface area contributed by atoms with Gasteiger partial charge in [-0.25, -0.2) is 0 Å². The Labute approximate surface area is 167 Å². The molecule has 1 saturated heterocycles. The van der Waals surface area contributed by atoms with E-state index >= 15 is 0 Å². The standard InChI is InChI=1S/C20H23ClO7/c1-10-2-5-12(6-3-10)20(26,27)13-8-11(4-7-14(13)21)19-18(25)17(24)16(23)15(9-22)28-19/h2-8,15-19,22-27H,9H2,1H3. The first kappa shape index (κ1) is 21.2. The second-order valence-electron chi connectivity index (χ2n) is 7.03. The highest BCUT2D eigenvalue weighted by atomic mass is 35.5. The summed E-state index contributed by atoms with van der Waals surface area (Å²) in [5.74, 6) is -2.41. The lowest BCUT2D eigenvalue weighted by Crippen LogP contribution is -2.55. The second kappa shape index (κ2) is 8.06. The van der Waals surface area contributed by atoms with Gasteiger partial charge in [-0.1, -0.05) is 47.5 Å². The van der Waals surface area contributed by atoms with Gasteiger partial charge in [-0.2, -0.15) is 0 Å². The summed E-state index contributed by atoms with van der Waals surface area (Å²) < 4.78 is 5.53. The van der Waals surface area contributed by atoms with Crippen LogP contribution in [0.3, 0.4) is 0 Å². The Balaban J connectivity index is 2.00. The number of hydrogen-bond donors (Lipinski definition) is 6. The van der Waals surface area contributed by atoms with Gasteiger partial charge < -0.3 is 35.4 Å². The molecule has 1 heterocycles. The fourth-order valence-electron chi connectivity index (χ4n) is 3.31. The normalized spacial score (nSPS) is 28.4. The van der Waals surface area contributed by atoms with Crippen molar-refractivity contribution in [2.45, 2.75) is 43.2 Å². The molecule has 0 amide bonds. The molecule has 6 N–H and O–H groups in total. The molecule has 1 aliphatic heterocycles. The number of aliphatic hydroxyl groups is 6. The molecule has 0 aromatic heterocycles. The molecule has 0 saturated carbocycles. The van der Waals surface area contributed by atoms with E-state index in [0.29, 0.717) is 5.56 Å². The van der Waals surface area contributed by atoms with Crippen LogP contribution < -0.4 is 0 Å². The van der Waals surface area contributed by atoms with Gasteiger partial charge in [0.25, 0.3) is 0 Å². The van der Waals surface area contributed by atoms with Gasteiger partial charge in [0, 0.05) is 16.1 Å². The third kappa shape index (κ3) is 3.80. The van der Waals surface area contributed by atoms with Crippen molar-refractivity contribution in [3.63, 3.8) is 0 Å². The van der Waals surface area contributed by atoms with Crippen LogP contribution in [0.15, 0.2) is 42.5 Å². The topological polar surface area (TPSA) is 131 Å². The van der Waals surface area contributed by atoms with Crippen molar-refractivity contribution in [3.8, 4) is 0 Å². The zero-order valence-electron chi connectivity index (χ0n) is 15.1. The monoisotopic (exact) mass is 410 g/mol. The third-order valence-electron chi connectivity index (χ3n) is 5.04. The lowest BCUT2D eigenvalue weighted by molar-refractivity contribution is -0.231. The van der Waals surface area contributed by atoms with Gasteiger partial charge in [0.15, 0.2) is 0 Å². The largest absolute Gasteiger partial charge is 0.394 e. The van der Waals surface area contributed by atoms with Crippen molar-refractivity contribution in [1.82, 2.24) is 0 Å². The maximum absolute atomic E-state index is 10.7. The molecule has 8 heteroatoms. The van der Waals surface area contributed by atoms with Crippen LogP contribution in [0.4, 0.5) is 0 Å². The zero-order chi connectivity index (χ0) is 20.6. The minimum atomic E-state index is -2.41. The van der Waals surface area contributed by atoms with E-state index in [2.05, 4.69) is 0 Å². The van der Waals surface area contributed by atoms with Crippen molar-refractivity contribution in [2.75, 3.05) is 6.61 Å². The average molecular weight is 411 g/mol. The number of aryl methyl sites for hydroxylation is 1. The van der Waals surface area contributed by atoms with E-state index in [1.165, 1.54) is 18.2 Å². The summed E-state index contributed by atoms with van der Waals surface area (Å²) in [5.41, 5.74) is 1.41. The molecule has 0 aliphatic carbocycles. The van der Waals surface area contributed by atoms with Crippen LogP contribution in [0.2, 0.25) is 5.02 Å². The van der Waals surface area contributed by atoms with Gasteiger partial charge in [-0.05, 0) is 24.6 Å². The van der Waals surface area contributed by atoms with Crippen LogP contribution in [0.25, 0.3) is 0 Å². The van der Waals surface area contributed by atoms with E-state index in [1.807, 2.05) is 6.92 Å². The van der Waals surface area contributed by atoms with Crippen LogP contribution in [-0.2, 0) is 10.5 Å². The van der Waals surface area contributed by atoms with Gasteiger partial charge in [-0.15, -0.1) is 0 Å². The third-order valence-corrected chi connectivity index (χ3v) is 5.37. The first-order valence-corrected chi connectivity index (χ1v) is 9.17. The van der Waals surface area contributed by atoms with Crippen molar-refractivity contribution < 1.29 is 35.4 Å². The smallest absolute Gasteiger partial charge is 0.218 e. The minimum absolute atomic E-state index is 0.0347.